The SMILES string of the molecule is CC1Cc2c(oc3ccc(-c4cnn(C)c4)cc23)C(c2c(F)cc(/C=C/C(=O)O)cc2F)N1CC(C)(C)F. The number of benzene rings is 2. The average Bonchev–Trinajstić information content (AvgIpc) is 3.41. The Morgan fingerprint density at radius 1 is 1.21 bits per heavy atom. The number of aliphatic carboxylic acids is 1. The number of hydrogen-bond donors (Lipinski definition) is 1. The summed E-state index contributed by atoms with van der Waals surface area (Å²) in [5.74, 6) is -2.58. The number of alkyl halides is 1. The van der Waals surface area contributed by atoms with Gasteiger partial charge in [-0.2, -0.15) is 5.10 Å². The molecule has 0 amide bonds. The minimum atomic E-state index is -1.64. The topological polar surface area (TPSA) is 71.5 Å². The molecule has 9 heteroatoms. The summed E-state index contributed by atoms with van der Waals surface area (Å²) < 4.78 is 54.1. The van der Waals surface area contributed by atoms with Crippen LogP contribution in [0.1, 0.15) is 49.3 Å². The third-order valence-electron chi connectivity index (χ3n) is 6.86. The van der Waals surface area contributed by atoms with Crippen LogP contribution >= 0.6 is 0 Å². The Balaban J connectivity index is 1.69. The summed E-state index contributed by atoms with van der Waals surface area (Å²) in [6.07, 6.45) is 6.10. The molecule has 5 rings (SSSR count). The highest BCUT2D eigenvalue weighted by Crippen LogP contribution is 2.45. The molecule has 0 saturated heterocycles. The molecule has 0 bridgehead atoms. The van der Waals surface area contributed by atoms with E-state index in [4.69, 9.17) is 9.52 Å². The van der Waals surface area contributed by atoms with Gasteiger partial charge >= 0.3 is 5.97 Å². The first-order valence-electron chi connectivity index (χ1n) is 12.3. The predicted octanol–water partition coefficient (Wildman–Crippen LogP) is 6.29. The number of rotatable bonds is 6. The van der Waals surface area contributed by atoms with Crippen LogP contribution in [0.5, 0.6) is 0 Å². The summed E-state index contributed by atoms with van der Waals surface area (Å²) >= 11 is 0. The van der Waals surface area contributed by atoms with Crippen molar-refractivity contribution in [3.8, 4) is 11.1 Å². The van der Waals surface area contributed by atoms with Gasteiger partial charge in [-0.15, -0.1) is 0 Å². The molecule has 198 valence electrons. The third-order valence-corrected chi connectivity index (χ3v) is 6.86. The van der Waals surface area contributed by atoms with E-state index in [9.17, 15) is 9.18 Å². The molecule has 38 heavy (non-hydrogen) atoms. The van der Waals surface area contributed by atoms with E-state index in [2.05, 4.69) is 5.10 Å². The van der Waals surface area contributed by atoms with E-state index in [-0.39, 0.29) is 23.7 Å². The zero-order valence-corrected chi connectivity index (χ0v) is 21.5. The van der Waals surface area contributed by atoms with Crippen LogP contribution in [0.15, 0.2) is 53.2 Å². The number of aryl methyl sites for hydroxylation is 1. The van der Waals surface area contributed by atoms with Crippen LogP contribution in [0.3, 0.4) is 0 Å². The molecule has 0 radical (unpaired) electrons. The molecule has 0 spiro atoms. The predicted molar refractivity (Wildman–Crippen MR) is 138 cm³/mol. The van der Waals surface area contributed by atoms with E-state index in [0.29, 0.717) is 17.8 Å². The summed E-state index contributed by atoms with van der Waals surface area (Å²) in [5, 5.41) is 14.0. The van der Waals surface area contributed by atoms with E-state index in [1.54, 1.807) is 15.8 Å². The van der Waals surface area contributed by atoms with Gasteiger partial charge in [-0.1, -0.05) is 6.07 Å². The fourth-order valence-electron chi connectivity index (χ4n) is 5.27. The Hall–Kier alpha value is -3.85. The highest BCUT2D eigenvalue weighted by molar-refractivity contribution is 5.88. The maximum Gasteiger partial charge on any atom is 0.328 e. The van der Waals surface area contributed by atoms with Gasteiger partial charge in [-0.3, -0.25) is 9.58 Å². The molecule has 2 atom stereocenters. The van der Waals surface area contributed by atoms with Crippen LogP contribution in [-0.2, 0) is 18.3 Å². The Morgan fingerprint density at radius 3 is 2.53 bits per heavy atom. The Kier molecular flexibility index (Phi) is 6.43. The fraction of sp³-hybridized carbons (Fsp3) is 0.310. The van der Waals surface area contributed by atoms with Crippen molar-refractivity contribution in [1.82, 2.24) is 14.7 Å². The number of halogens is 3. The van der Waals surface area contributed by atoms with Gasteiger partial charge < -0.3 is 9.52 Å². The first-order valence-corrected chi connectivity index (χ1v) is 12.3. The smallest absolute Gasteiger partial charge is 0.328 e. The number of furan rings is 1. The Bertz CT molecular complexity index is 1540. The largest absolute Gasteiger partial charge is 0.478 e. The lowest BCUT2D eigenvalue weighted by Crippen LogP contribution is -2.48. The second kappa shape index (κ2) is 9.47. The highest BCUT2D eigenvalue weighted by Gasteiger charge is 2.42. The Labute approximate surface area is 218 Å². The lowest BCUT2D eigenvalue weighted by atomic mass is 9.87. The fourth-order valence-corrected chi connectivity index (χ4v) is 5.27. The summed E-state index contributed by atoms with van der Waals surface area (Å²) in [7, 11) is 1.83. The quantitative estimate of drug-likeness (QED) is 0.301. The van der Waals surface area contributed by atoms with Crippen molar-refractivity contribution in [3.05, 3.63) is 82.9 Å². The zero-order chi connectivity index (χ0) is 27.4. The molecule has 0 aliphatic carbocycles. The standard InChI is InChI=1S/C29H28F3N3O3/c1-16-9-21-20-12-18(19-13-33-34(4)14-19)6-7-24(20)38-28(21)27(35(16)15-29(2,3)32)26-22(30)10-17(11-23(26)31)5-8-25(36)37/h5-8,10-14,16,27H,9,15H2,1-4H3,(H,36,37)/b8-5+. The van der Waals surface area contributed by atoms with Crippen LogP contribution < -0.4 is 0 Å². The van der Waals surface area contributed by atoms with Crippen molar-refractivity contribution >= 4 is 23.0 Å². The number of hydrogen-bond acceptors (Lipinski definition) is 4. The lowest BCUT2D eigenvalue weighted by Gasteiger charge is -2.42. The van der Waals surface area contributed by atoms with Gasteiger partial charge in [0.2, 0.25) is 0 Å². The molecule has 4 aromatic rings. The van der Waals surface area contributed by atoms with Gasteiger partial charge in [0.1, 0.15) is 34.7 Å². The van der Waals surface area contributed by atoms with Crippen LogP contribution in [0.4, 0.5) is 13.2 Å². The number of nitrogens with zero attached hydrogens (tertiary/aromatic N) is 3. The van der Waals surface area contributed by atoms with Crippen LogP contribution in [-0.4, -0.2) is 44.0 Å². The van der Waals surface area contributed by atoms with Crippen molar-refractivity contribution in [2.45, 2.75) is 44.9 Å². The molecule has 6 nitrogen and oxygen atoms in total. The lowest BCUT2D eigenvalue weighted by molar-refractivity contribution is -0.131. The summed E-state index contributed by atoms with van der Waals surface area (Å²) in [4.78, 5) is 12.6. The maximum absolute atomic E-state index is 15.6. The first-order chi connectivity index (χ1) is 17.9. The van der Waals surface area contributed by atoms with Gasteiger partial charge in [-0.25, -0.2) is 18.0 Å². The summed E-state index contributed by atoms with van der Waals surface area (Å²) in [6.45, 7) is 4.69. The molecular weight excluding hydrogens is 495 g/mol. The van der Waals surface area contributed by atoms with Crippen molar-refractivity contribution in [2.75, 3.05) is 6.54 Å². The number of carbonyl (C=O) groups is 1. The number of aromatic nitrogens is 2. The summed E-state index contributed by atoms with van der Waals surface area (Å²) in [6, 6.07) is 6.61. The molecular formula is C29H28F3N3O3. The maximum atomic E-state index is 15.6. The first kappa shape index (κ1) is 25.8. The van der Waals surface area contributed by atoms with Crippen LogP contribution in [0, 0.1) is 11.6 Å². The molecule has 2 unspecified atom stereocenters. The number of carboxylic acids is 1. The molecule has 1 aliphatic rings. The van der Waals surface area contributed by atoms with E-state index >= 15 is 8.78 Å². The highest BCUT2D eigenvalue weighted by atomic mass is 19.1. The van der Waals surface area contributed by atoms with Crippen LogP contribution in [0.25, 0.3) is 28.2 Å². The second-order valence-corrected chi connectivity index (χ2v) is 10.5. The third kappa shape index (κ3) is 4.86. The van der Waals surface area contributed by atoms with Crippen LogP contribution in [0.2, 0.25) is 0 Å². The van der Waals surface area contributed by atoms with E-state index in [0.717, 1.165) is 46.4 Å². The number of carboxylic acid groups (broad SMARTS) is 1. The van der Waals surface area contributed by atoms with Gasteiger partial charge in [0.05, 0.1) is 6.20 Å². The molecule has 1 N–H and O–H groups in total. The molecule has 0 saturated carbocycles. The van der Waals surface area contributed by atoms with Gasteiger partial charge in [0, 0.05) is 54.0 Å². The van der Waals surface area contributed by atoms with E-state index in [1.807, 2.05) is 38.4 Å². The van der Waals surface area contributed by atoms with Crippen molar-refractivity contribution < 1.29 is 27.5 Å². The van der Waals surface area contributed by atoms with Gasteiger partial charge in [0.25, 0.3) is 0 Å². The minimum Gasteiger partial charge on any atom is -0.478 e. The number of fused-ring (bicyclic) bond motifs is 3. The molecule has 1 aliphatic heterocycles. The van der Waals surface area contributed by atoms with Gasteiger partial charge in [-0.05, 0) is 68.7 Å². The monoisotopic (exact) mass is 523 g/mol. The average molecular weight is 524 g/mol. The minimum absolute atomic E-state index is 0.0679. The van der Waals surface area contributed by atoms with E-state index < -0.39 is 29.3 Å². The second-order valence-electron chi connectivity index (χ2n) is 10.5. The summed E-state index contributed by atoms with van der Waals surface area (Å²) in [5.41, 5.74) is 1.41. The zero-order valence-electron chi connectivity index (χ0n) is 21.5. The van der Waals surface area contributed by atoms with Gasteiger partial charge in [0.15, 0.2) is 0 Å². The normalized spacial score (nSPS) is 18.4. The molecule has 3 heterocycles. The Morgan fingerprint density at radius 2 is 1.92 bits per heavy atom. The molecule has 2 aromatic carbocycles. The van der Waals surface area contributed by atoms with Crippen molar-refractivity contribution in [1.29, 1.82) is 0 Å². The van der Waals surface area contributed by atoms with E-state index in [1.165, 1.54) is 13.8 Å². The molecule has 0 fully saturated rings. The van der Waals surface area contributed by atoms with Crippen molar-refractivity contribution in [3.63, 3.8) is 0 Å². The molecule has 2 aromatic heterocycles. The van der Waals surface area contributed by atoms with Crippen molar-refractivity contribution in [2.24, 2.45) is 7.05 Å².